The predicted octanol–water partition coefficient (Wildman–Crippen LogP) is 7.10. The molecule has 0 aromatic carbocycles. The first-order valence-electron chi connectivity index (χ1n) is 14.0. The molecular formula is C31H48O3. The molecule has 5 fully saturated rings. The van der Waals surface area contributed by atoms with Crippen molar-refractivity contribution < 1.29 is 14.6 Å². The monoisotopic (exact) mass is 468 g/mol. The second kappa shape index (κ2) is 7.70. The first kappa shape index (κ1) is 24.6. The summed E-state index contributed by atoms with van der Waals surface area (Å²) in [5, 5.41) is 11.8. The Balaban J connectivity index is 1.50. The van der Waals surface area contributed by atoms with E-state index in [2.05, 4.69) is 47.8 Å². The third-order valence-electron chi connectivity index (χ3n) is 12.9. The summed E-state index contributed by atoms with van der Waals surface area (Å²) in [5.41, 5.74) is 3.12. The highest BCUT2D eigenvalue weighted by molar-refractivity contribution is 5.66. The minimum atomic E-state index is -0.412. The summed E-state index contributed by atoms with van der Waals surface area (Å²) in [6.07, 6.45) is 9.82. The molecule has 3 heteroatoms. The van der Waals surface area contributed by atoms with Crippen LogP contribution in [0.5, 0.6) is 0 Å². The molecule has 5 saturated carbocycles. The number of aliphatic hydroxyl groups excluding tert-OH is 1. The summed E-state index contributed by atoms with van der Waals surface area (Å²) < 4.78 is 5.65. The molecule has 3 unspecified atom stereocenters. The van der Waals surface area contributed by atoms with Crippen LogP contribution < -0.4 is 0 Å². The number of ether oxygens (including phenoxy) is 1. The third kappa shape index (κ3) is 3.01. The minimum Gasteiger partial charge on any atom is -0.458 e. The molecule has 190 valence electrons. The largest absolute Gasteiger partial charge is 0.458 e. The second-order valence-corrected chi connectivity index (χ2v) is 14.1. The van der Waals surface area contributed by atoms with Gasteiger partial charge in [-0.15, -0.1) is 0 Å². The van der Waals surface area contributed by atoms with Crippen molar-refractivity contribution in [3.63, 3.8) is 0 Å². The number of carbonyl (C=O) groups is 1. The highest BCUT2D eigenvalue weighted by atomic mass is 16.5. The number of hydrogen-bond donors (Lipinski definition) is 1. The molecule has 0 aromatic rings. The van der Waals surface area contributed by atoms with E-state index >= 15 is 0 Å². The molecule has 5 aliphatic rings. The molecule has 0 saturated heterocycles. The first-order valence-corrected chi connectivity index (χ1v) is 14.0. The van der Waals surface area contributed by atoms with Gasteiger partial charge in [0.2, 0.25) is 0 Å². The number of aliphatic hydroxyl groups is 1. The van der Waals surface area contributed by atoms with Crippen LogP contribution in [0.25, 0.3) is 0 Å². The fraction of sp³-hybridized carbons (Fsp3) is 0.839. The van der Waals surface area contributed by atoms with Crippen LogP contribution in [-0.2, 0) is 9.53 Å². The predicted molar refractivity (Wildman–Crippen MR) is 137 cm³/mol. The highest BCUT2D eigenvalue weighted by Gasteiger charge is 2.71. The van der Waals surface area contributed by atoms with Gasteiger partial charge in [-0.3, -0.25) is 4.79 Å². The lowest BCUT2D eigenvalue weighted by Gasteiger charge is -2.72. The molecule has 5 rings (SSSR count). The summed E-state index contributed by atoms with van der Waals surface area (Å²) in [5.74, 6) is 2.54. The zero-order valence-corrected chi connectivity index (χ0v) is 22.6. The second-order valence-electron chi connectivity index (χ2n) is 14.1. The van der Waals surface area contributed by atoms with Crippen LogP contribution in [-0.4, -0.2) is 23.3 Å². The summed E-state index contributed by atoms with van der Waals surface area (Å²) in [4.78, 5) is 11.7. The van der Waals surface area contributed by atoms with Crippen molar-refractivity contribution in [2.45, 2.75) is 112 Å². The molecule has 0 heterocycles. The Morgan fingerprint density at radius 2 is 1.53 bits per heavy atom. The van der Waals surface area contributed by atoms with Crippen LogP contribution in [0, 0.1) is 51.2 Å². The van der Waals surface area contributed by atoms with Crippen LogP contribution in [0.2, 0.25) is 0 Å². The van der Waals surface area contributed by atoms with Crippen LogP contribution >= 0.6 is 0 Å². The molecule has 34 heavy (non-hydrogen) atoms. The van der Waals surface area contributed by atoms with Crippen molar-refractivity contribution in [3.8, 4) is 0 Å². The zero-order chi connectivity index (χ0) is 24.8. The average molecular weight is 469 g/mol. The van der Waals surface area contributed by atoms with E-state index in [4.69, 9.17) is 4.74 Å². The van der Waals surface area contributed by atoms with Crippen LogP contribution in [0.4, 0.5) is 0 Å². The van der Waals surface area contributed by atoms with Crippen molar-refractivity contribution >= 4 is 5.97 Å². The van der Waals surface area contributed by atoms with E-state index in [0.717, 1.165) is 36.7 Å². The Morgan fingerprint density at radius 1 is 0.912 bits per heavy atom. The van der Waals surface area contributed by atoms with E-state index < -0.39 is 6.10 Å². The zero-order valence-electron chi connectivity index (χ0n) is 22.6. The van der Waals surface area contributed by atoms with Crippen LogP contribution in [0.15, 0.2) is 24.3 Å². The van der Waals surface area contributed by atoms with Gasteiger partial charge in [0, 0.05) is 12.8 Å². The highest BCUT2D eigenvalue weighted by Crippen LogP contribution is 2.77. The normalized spacial score (nSPS) is 54.3. The fourth-order valence-electron chi connectivity index (χ4n) is 11.4. The molecule has 11 atom stereocenters. The molecule has 3 nitrogen and oxygen atoms in total. The summed E-state index contributed by atoms with van der Waals surface area (Å²) >= 11 is 0. The third-order valence-corrected chi connectivity index (χ3v) is 12.9. The molecule has 0 amide bonds. The lowest BCUT2D eigenvalue weighted by molar-refractivity contribution is -0.247. The molecule has 0 radical (unpaired) electrons. The van der Waals surface area contributed by atoms with E-state index in [1.807, 2.05) is 0 Å². The Hall–Kier alpha value is -1.09. The van der Waals surface area contributed by atoms with Crippen molar-refractivity contribution in [1.82, 2.24) is 0 Å². The maximum Gasteiger partial charge on any atom is 0.303 e. The number of hydrogen-bond acceptors (Lipinski definition) is 3. The topological polar surface area (TPSA) is 46.5 Å². The van der Waals surface area contributed by atoms with E-state index in [1.165, 1.54) is 51.0 Å². The smallest absolute Gasteiger partial charge is 0.303 e. The molecule has 0 aliphatic heterocycles. The van der Waals surface area contributed by atoms with Gasteiger partial charge < -0.3 is 9.84 Å². The van der Waals surface area contributed by atoms with Gasteiger partial charge >= 0.3 is 5.97 Å². The minimum absolute atomic E-state index is 0.0157. The number of rotatable bonds is 2. The quantitative estimate of drug-likeness (QED) is 0.347. The summed E-state index contributed by atoms with van der Waals surface area (Å²) in [6.45, 7) is 22.7. The van der Waals surface area contributed by atoms with Gasteiger partial charge in [-0.2, -0.15) is 0 Å². The Bertz CT molecular complexity index is 906. The van der Waals surface area contributed by atoms with Gasteiger partial charge in [0.25, 0.3) is 0 Å². The maximum absolute atomic E-state index is 11.8. The number of esters is 1. The van der Waals surface area contributed by atoms with Gasteiger partial charge in [-0.05, 0) is 116 Å². The fourth-order valence-corrected chi connectivity index (χ4v) is 11.4. The van der Waals surface area contributed by atoms with Gasteiger partial charge in [0.15, 0.2) is 0 Å². The average Bonchev–Trinajstić information content (AvgIpc) is 3.08. The number of fused-ring (bicyclic) bond motifs is 7. The van der Waals surface area contributed by atoms with E-state index in [-0.39, 0.29) is 34.2 Å². The van der Waals surface area contributed by atoms with Crippen molar-refractivity contribution in [3.05, 3.63) is 24.3 Å². The first-order chi connectivity index (χ1) is 15.8. The standard InChI is InChI=1S/C31H48O3/c1-18(2)21-11-14-28(5)22(21)12-16-30(7)25(28)9-10-26-29(6)15-13-24(34-20(4)32)19(3)27(29)23(33)17-31(26,30)8/h21-27,33H,1,3,9-17H2,2,4-8H3/t21-,22?,23+,24-,25?,26+,27?,28-,29+,30+,31+/m0/s1. The molecule has 0 bridgehead atoms. The van der Waals surface area contributed by atoms with Gasteiger partial charge in [0.1, 0.15) is 6.10 Å². The lowest BCUT2D eigenvalue weighted by Crippen LogP contribution is -2.67. The number of allylic oxidation sites excluding steroid dienone is 1. The lowest BCUT2D eigenvalue weighted by atomic mass is 9.32. The van der Waals surface area contributed by atoms with Crippen molar-refractivity contribution in [2.24, 2.45) is 51.2 Å². The van der Waals surface area contributed by atoms with Gasteiger partial charge in [0.05, 0.1) is 6.10 Å². The molecular weight excluding hydrogens is 420 g/mol. The Kier molecular flexibility index (Phi) is 5.57. The molecule has 1 N–H and O–H groups in total. The van der Waals surface area contributed by atoms with E-state index in [1.54, 1.807) is 0 Å². The molecule has 5 aliphatic carbocycles. The van der Waals surface area contributed by atoms with Crippen LogP contribution in [0.1, 0.15) is 99.3 Å². The molecule has 0 aromatic heterocycles. The molecule has 0 spiro atoms. The SMILES string of the molecule is C=C1C2[C@H](O)C[C@]3(C)[C@H](CCC4[C@@]5(C)CC[C@@H](C(=C)C)C5CC[C@]43C)[C@@]2(C)CC[C@@H]1OC(C)=O. The van der Waals surface area contributed by atoms with Crippen molar-refractivity contribution in [1.29, 1.82) is 0 Å². The van der Waals surface area contributed by atoms with E-state index in [9.17, 15) is 9.90 Å². The number of carbonyl (C=O) groups excluding carboxylic acids is 1. The van der Waals surface area contributed by atoms with Crippen LogP contribution in [0.3, 0.4) is 0 Å². The van der Waals surface area contributed by atoms with E-state index in [0.29, 0.717) is 17.3 Å². The van der Waals surface area contributed by atoms with Crippen molar-refractivity contribution in [2.75, 3.05) is 0 Å². The summed E-state index contributed by atoms with van der Waals surface area (Å²) in [7, 11) is 0. The van der Waals surface area contributed by atoms with Gasteiger partial charge in [-0.1, -0.05) is 46.4 Å². The maximum atomic E-state index is 11.8. The Morgan fingerprint density at radius 3 is 2.15 bits per heavy atom. The Labute approximate surface area is 207 Å². The summed E-state index contributed by atoms with van der Waals surface area (Å²) in [6, 6.07) is 0. The van der Waals surface area contributed by atoms with Gasteiger partial charge in [-0.25, -0.2) is 0 Å².